The van der Waals surface area contributed by atoms with Crippen molar-refractivity contribution in [1.29, 1.82) is 0 Å². The van der Waals surface area contributed by atoms with Crippen LogP contribution < -0.4 is 24.3 Å². The van der Waals surface area contributed by atoms with Crippen molar-refractivity contribution in [2.24, 2.45) is 0 Å². The molecule has 49 heavy (non-hydrogen) atoms. The van der Waals surface area contributed by atoms with Crippen molar-refractivity contribution in [2.75, 3.05) is 0 Å². The average Bonchev–Trinajstić information content (AvgIpc) is 3.15. The smallest absolute Gasteiger partial charge is 0.423 e. The first kappa shape index (κ1) is 36.2. The van der Waals surface area contributed by atoms with E-state index in [0.717, 1.165) is 22.0 Å². The van der Waals surface area contributed by atoms with Crippen LogP contribution in [0.4, 0.5) is 0 Å². The molecule has 0 atom stereocenters. The maximum absolute atomic E-state index is 9.25. The Bertz CT molecular complexity index is 2300. The molecule has 0 amide bonds. The summed E-state index contributed by atoms with van der Waals surface area (Å²) in [4.78, 5) is 0. The minimum Gasteiger partial charge on any atom is -0.423 e. The molecule has 8 aromatic carbocycles. The van der Waals surface area contributed by atoms with E-state index in [4.69, 9.17) is 0 Å². The number of unbranched alkanes of at least 4 members (excludes halogenated alkanes) is 1. The first-order chi connectivity index (χ1) is 23.5. The Morgan fingerprint density at radius 2 is 0.857 bits per heavy atom. The first-order valence-corrected chi connectivity index (χ1v) is 17.1. The molecule has 2 nitrogen and oxygen atoms in total. The molecule has 0 fully saturated rings. The Hall–Kier alpha value is -4.14. The van der Waals surface area contributed by atoms with Gasteiger partial charge in [0.05, 0.1) is 0 Å². The topological polar surface area (TPSA) is 40.5 Å². The summed E-state index contributed by atoms with van der Waals surface area (Å²) in [6.45, 7) is 5.72. The Kier molecular flexibility index (Phi) is 12.5. The number of fused-ring (bicyclic) bond motifs is 6. The van der Waals surface area contributed by atoms with Crippen LogP contribution in [0.2, 0.25) is 0 Å². The van der Waals surface area contributed by atoms with Gasteiger partial charge in [-0.25, -0.2) is 0 Å². The molecule has 236 valence electrons. The first-order valence-electron chi connectivity index (χ1n) is 16.3. The van der Waals surface area contributed by atoms with Crippen LogP contribution in [0.3, 0.4) is 0 Å². The van der Waals surface area contributed by atoms with Gasteiger partial charge in [-0.1, -0.05) is 163 Å². The van der Waals surface area contributed by atoms with Gasteiger partial charge in [0, 0.05) is 4.47 Å². The van der Waals surface area contributed by atoms with Crippen molar-refractivity contribution < 1.29 is 28.9 Å². The summed E-state index contributed by atoms with van der Waals surface area (Å²) < 4.78 is 1.11. The van der Waals surface area contributed by atoms with Crippen molar-refractivity contribution in [1.82, 2.24) is 0 Å². The Morgan fingerprint density at radius 3 is 1.24 bits per heavy atom. The van der Waals surface area contributed by atoms with E-state index in [-0.39, 0.29) is 18.9 Å². The van der Waals surface area contributed by atoms with Crippen LogP contribution in [0, 0.1) is 6.92 Å². The average molecular weight is 695 g/mol. The quantitative estimate of drug-likeness (QED) is 0.110. The maximum atomic E-state index is 9.25. The monoisotopic (exact) mass is 694 g/mol. The van der Waals surface area contributed by atoms with Crippen LogP contribution in [0.25, 0.3) is 65.3 Å². The Labute approximate surface area is 309 Å². The van der Waals surface area contributed by atoms with Crippen molar-refractivity contribution >= 4 is 71.6 Å². The molecule has 0 bridgehead atoms. The van der Waals surface area contributed by atoms with Gasteiger partial charge in [0.25, 0.3) is 0 Å². The molecule has 0 aromatic heterocycles. The van der Waals surface area contributed by atoms with Gasteiger partial charge in [-0.2, -0.15) is 6.42 Å². The molecular weight excluding hydrogens is 658 g/mol. The Balaban J connectivity index is 0.000000170. The zero-order valence-corrected chi connectivity index (χ0v) is 29.6. The van der Waals surface area contributed by atoms with Crippen LogP contribution in [0.15, 0.2) is 162 Å². The summed E-state index contributed by atoms with van der Waals surface area (Å²) >= 11 is 3.51. The van der Waals surface area contributed by atoms with Crippen LogP contribution >= 0.6 is 15.9 Å². The number of hydrogen-bond acceptors (Lipinski definition) is 2. The van der Waals surface area contributed by atoms with Crippen LogP contribution in [-0.4, -0.2) is 17.2 Å². The van der Waals surface area contributed by atoms with Crippen molar-refractivity contribution in [3.05, 3.63) is 169 Å². The second-order valence-corrected chi connectivity index (χ2v) is 12.7. The normalized spacial score (nSPS) is 10.6. The van der Waals surface area contributed by atoms with Gasteiger partial charge < -0.3 is 17.0 Å². The molecular formula is C44H37BBrLiO2. The number of hydrogen-bond donors (Lipinski definition) is 2. The molecule has 0 saturated carbocycles. The van der Waals surface area contributed by atoms with Crippen LogP contribution in [0.5, 0.6) is 0 Å². The van der Waals surface area contributed by atoms with E-state index in [9.17, 15) is 10.0 Å². The second-order valence-electron chi connectivity index (χ2n) is 11.7. The van der Waals surface area contributed by atoms with Gasteiger partial charge in [0.2, 0.25) is 0 Å². The van der Waals surface area contributed by atoms with Gasteiger partial charge in [0.1, 0.15) is 0 Å². The fraction of sp³-hybridized carbons (Fsp3) is 0.0682. The third-order valence-corrected chi connectivity index (χ3v) is 9.09. The summed E-state index contributed by atoms with van der Waals surface area (Å²) in [6.07, 6.45) is 2.28. The molecule has 0 aliphatic carbocycles. The summed E-state index contributed by atoms with van der Waals surface area (Å²) in [6, 6.07) is 54.4. The predicted octanol–water partition coefficient (Wildman–Crippen LogP) is 8.39. The number of halogens is 1. The minimum absolute atomic E-state index is 0. The summed E-state index contributed by atoms with van der Waals surface area (Å²) in [7, 11) is -1.43. The molecule has 8 rings (SSSR count). The summed E-state index contributed by atoms with van der Waals surface area (Å²) in [5, 5.41) is 28.6. The van der Waals surface area contributed by atoms with E-state index in [1.54, 1.807) is 12.1 Å². The van der Waals surface area contributed by atoms with E-state index in [1.165, 1.54) is 60.6 Å². The van der Waals surface area contributed by atoms with Gasteiger partial charge in [-0.15, -0.1) is 0 Å². The molecule has 0 saturated heterocycles. The largest absolute Gasteiger partial charge is 1.00 e. The van der Waals surface area contributed by atoms with Gasteiger partial charge in [-0.05, 0) is 95.1 Å². The van der Waals surface area contributed by atoms with E-state index in [1.807, 2.05) is 24.3 Å². The molecule has 2 N–H and O–H groups in total. The fourth-order valence-corrected chi connectivity index (χ4v) is 6.31. The standard InChI is InChI=1S/C20H15BO2.C20H13Br.C4H9.Li/c22-21(23)16-11-9-14(10-12-16)20-13-15-5-1-2-6-17(15)18-7-3-4-8-19(18)20;21-16-11-9-14(10-12-16)20-13-15-5-1-2-6-17(15)18-7-3-4-8-19(18)20;1-3-4-2;/h1-13,22-23H;1-13H;1,3-4H2,2H3;/q;;-1;+1. The van der Waals surface area contributed by atoms with Crippen LogP contribution in [0.1, 0.15) is 19.8 Å². The molecule has 8 aromatic rings. The molecule has 0 aliphatic heterocycles. The predicted molar refractivity (Wildman–Crippen MR) is 212 cm³/mol. The third-order valence-electron chi connectivity index (χ3n) is 8.56. The maximum Gasteiger partial charge on any atom is 1.00 e. The van der Waals surface area contributed by atoms with Crippen molar-refractivity contribution in [3.63, 3.8) is 0 Å². The zero-order chi connectivity index (χ0) is 33.5. The van der Waals surface area contributed by atoms with Crippen LogP contribution in [-0.2, 0) is 0 Å². The van der Waals surface area contributed by atoms with E-state index in [0.29, 0.717) is 5.46 Å². The summed E-state index contributed by atoms with van der Waals surface area (Å²) in [5.41, 5.74) is 5.26. The van der Waals surface area contributed by atoms with E-state index < -0.39 is 7.12 Å². The van der Waals surface area contributed by atoms with E-state index in [2.05, 4.69) is 151 Å². The molecule has 0 unspecified atom stereocenters. The molecule has 0 aliphatic rings. The van der Waals surface area contributed by atoms with Gasteiger partial charge in [-0.3, -0.25) is 0 Å². The second kappa shape index (κ2) is 17.0. The molecule has 5 heteroatoms. The van der Waals surface area contributed by atoms with Gasteiger partial charge in [0.15, 0.2) is 0 Å². The van der Waals surface area contributed by atoms with Crippen molar-refractivity contribution in [2.45, 2.75) is 19.8 Å². The zero-order valence-electron chi connectivity index (χ0n) is 28.0. The number of rotatable bonds is 4. The van der Waals surface area contributed by atoms with Gasteiger partial charge >= 0.3 is 26.0 Å². The summed E-state index contributed by atoms with van der Waals surface area (Å²) in [5.74, 6) is 0. The molecule has 0 radical (unpaired) electrons. The molecule has 0 spiro atoms. The SMILES string of the molecule is Brc1ccc(-c2cc3ccccc3c3ccccc23)cc1.OB(O)c1ccc(-c2cc3ccccc3c3ccccc23)cc1.[CH2-]CCC.[Li+]. The minimum atomic E-state index is -1.43. The van der Waals surface area contributed by atoms with E-state index >= 15 is 0 Å². The Morgan fingerprint density at radius 1 is 0.510 bits per heavy atom. The fourth-order valence-electron chi connectivity index (χ4n) is 6.05. The molecule has 0 heterocycles. The van der Waals surface area contributed by atoms with Crippen molar-refractivity contribution in [3.8, 4) is 22.3 Å². The number of benzene rings is 8. The third kappa shape index (κ3) is 8.19.